The molecule has 0 radical (unpaired) electrons. The third kappa shape index (κ3) is 7.55. The van der Waals surface area contributed by atoms with Gasteiger partial charge in [0.15, 0.2) is 0 Å². The maximum Gasteiger partial charge on any atom is 0.265 e. The molecule has 0 saturated carbocycles. The summed E-state index contributed by atoms with van der Waals surface area (Å²) in [6, 6.07) is 11.7. The number of hydrogen-bond acceptors (Lipinski definition) is 7. The summed E-state index contributed by atoms with van der Waals surface area (Å²) in [7, 11) is -8.15. The van der Waals surface area contributed by atoms with E-state index in [1.54, 1.807) is 11.8 Å². The molecule has 39 heavy (non-hydrogen) atoms. The normalized spacial score (nSPS) is 15.5. The molecule has 2 aromatic carbocycles. The first kappa shape index (κ1) is 29.4. The largest absolute Gasteiger partial charge is 0.456 e. The standard InChI is InChI=1S/C28H33NO7S3/c1-4-21(17-26-23(11-14-39(33,34)35)22-9-5-6-10-25(22)36-26)18-28-29(12-7-8-13-38(30,31)32)24-15-19(2)20(3)16-27(24)37-28/h5-6,9-10,15-18H,4,7-8,11-14H2,1-3H3,(H,30,31,32)(H,33,34,35)/b21-17+,28-18-. The summed E-state index contributed by atoms with van der Waals surface area (Å²) < 4.78 is 69.9. The Morgan fingerprint density at radius 3 is 2.38 bits per heavy atom. The Labute approximate surface area is 234 Å². The van der Waals surface area contributed by atoms with Gasteiger partial charge < -0.3 is 9.32 Å². The van der Waals surface area contributed by atoms with E-state index in [0.29, 0.717) is 37.2 Å². The van der Waals surface area contributed by atoms with Gasteiger partial charge in [-0.1, -0.05) is 36.9 Å². The summed E-state index contributed by atoms with van der Waals surface area (Å²) in [5.74, 6) is -0.118. The molecule has 0 spiro atoms. The summed E-state index contributed by atoms with van der Waals surface area (Å²) in [6.45, 7) is 6.75. The predicted octanol–water partition coefficient (Wildman–Crippen LogP) is 6.40. The van der Waals surface area contributed by atoms with E-state index in [4.69, 9.17) is 8.97 Å². The minimum absolute atomic E-state index is 0.119. The van der Waals surface area contributed by atoms with Crippen molar-refractivity contribution in [3.05, 3.63) is 75.5 Å². The van der Waals surface area contributed by atoms with Crippen molar-refractivity contribution in [2.24, 2.45) is 0 Å². The number of aryl methyl sites for hydroxylation is 3. The lowest BCUT2D eigenvalue weighted by atomic mass is 10.1. The molecule has 0 amide bonds. The molecule has 1 aliphatic rings. The van der Waals surface area contributed by atoms with Crippen LogP contribution in [0.4, 0.5) is 5.69 Å². The van der Waals surface area contributed by atoms with Crippen LogP contribution in [0.3, 0.4) is 0 Å². The van der Waals surface area contributed by atoms with Gasteiger partial charge in [-0.2, -0.15) is 16.8 Å². The van der Waals surface area contributed by atoms with E-state index >= 15 is 0 Å². The Morgan fingerprint density at radius 2 is 1.69 bits per heavy atom. The van der Waals surface area contributed by atoms with Gasteiger partial charge in [0.2, 0.25) is 0 Å². The summed E-state index contributed by atoms with van der Waals surface area (Å²) in [6.07, 6.45) is 5.73. The van der Waals surface area contributed by atoms with Crippen LogP contribution in [-0.4, -0.2) is 44.0 Å². The van der Waals surface area contributed by atoms with Crippen LogP contribution in [0.25, 0.3) is 17.0 Å². The van der Waals surface area contributed by atoms with Gasteiger partial charge in [0.25, 0.3) is 20.2 Å². The Bertz CT molecular complexity index is 1650. The summed E-state index contributed by atoms with van der Waals surface area (Å²) in [5.41, 5.74) is 5.75. The van der Waals surface area contributed by atoms with Gasteiger partial charge in [0.05, 0.1) is 22.2 Å². The molecule has 1 aromatic heterocycles. The number of allylic oxidation sites excluding steroid dienone is 2. The molecule has 8 nitrogen and oxygen atoms in total. The minimum atomic E-state index is -4.14. The summed E-state index contributed by atoms with van der Waals surface area (Å²) in [5, 5.41) is 1.80. The van der Waals surface area contributed by atoms with Crippen molar-refractivity contribution < 1.29 is 30.4 Å². The SMILES string of the molecule is CCC(/C=C1\Sc2cc(C)c(C)cc2N1CCCCS(=O)(=O)O)=C\c1oc2ccccc2c1CCS(=O)(=O)O. The van der Waals surface area contributed by atoms with Crippen LogP contribution in [0, 0.1) is 13.8 Å². The van der Waals surface area contributed by atoms with Crippen LogP contribution in [0.15, 0.2) is 62.4 Å². The van der Waals surface area contributed by atoms with E-state index in [0.717, 1.165) is 37.7 Å². The summed E-state index contributed by atoms with van der Waals surface area (Å²) in [4.78, 5) is 3.30. The van der Waals surface area contributed by atoms with Crippen LogP contribution >= 0.6 is 11.8 Å². The quantitative estimate of drug-likeness (QED) is 0.193. The number of hydrogen-bond donors (Lipinski definition) is 2. The molecule has 0 atom stereocenters. The lowest BCUT2D eigenvalue weighted by Crippen LogP contribution is -2.20. The smallest absolute Gasteiger partial charge is 0.265 e. The maximum absolute atomic E-state index is 11.5. The van der Waals surface area contributed by atoms with Crippen molar-refractivity contribution in [1.29, 1.82) is 0 Å². The number of unbranched alkanes of at least 4 members (excludes halogenated alkanes) is 1. The highest BCUT2D eigenvalue weighted by molar-refractivity contribution is 8.03. The fourth-order valence-corrected chi connectivity index (χ4v) is 6.82. The molecule has 0 fully saturated rings. The van der Waals surface area contributed by atoms with Crippen molar-refractivity contribution in [3.8, 4) is 0 Å². The average molecular weight is 592 g/mol. The number of anilines is 1. The van der Waals surface area contributed by atoms with Crippen LogP contribution in [0.2, 0.25) is 0 Å². The number of para-hydroxylation sites is 1. The molecule has 11 heteroatoms. The lowest BCUT2D eigenvalue weighted by molar-refractivity contribution is 0.479. The second-order valence-corrected chi connectivity index (χ2v) is 13.9. The third-order valence-corrected chi connectivity index (χ3v) is 9.37. The first-order valence-electron chi connectivity index (χ1n) is 12.7. The van der Waals surface area contributed by atoms with E-state index in [1.165, 1.54) is 5.56 Å². The second kappa shape index (κ2) is 11.9. The first-order valence-corrected chi connectivity index (χ1v) is 16.8. The Morgan fingerprint density at radius 1 is 1.00 bits per heavy atom. The van der Waals surface area contributed by atoms with E-state index in [2.05, 4.69) is 37.0 Å². The van der Waals surface area contributed by atoms with Gasteiger partial charge in [-0.3, -0.25) is 9.11 Å². The second-order valence-electron chi connectivity index (χ2n) is 9.68. The maximum atomic E-state index is 11.5. The number of fused-ring (bicyclic) bond motifs is 2. The van der Waals surface area contributed by atoms with Crippen LogP contribution in [0.1, 0.15) is 48.6 Å². The minimum Gasteiger partial charge on any atom is -0.456 e. The molecular weight excluding hydrogens is 559 g/mol. The van der Waals surface area contributed by atoms with E-state index in [9.17, 15) is 21.4 Å². The van der Waals surface area contributed by atoms with Gasteiger partial charge >= 0.3 is 0 Å². The van der Waals surface area contributed by atoms with Crippen molar-refractivity contribution in [2.75, 3.05) is 23.0 Å². The number of thioether (sulfide) groups is 1. The lowest BCUT2D eigenvalue weighted by Gasteiger charge is -2.21. The first-order chi connectivity index (χ1) is 18.3. The number of nitrogens with zero attached hydrogens (tertiary/aromatic N) is 1. The van der Waals surface area contributed by atoms with Crippen LogP contribution < -0.4 is 4.90 Å². The molecule has 3 aromatic rings. The molecule has 0 unspecified atom stereocenters. The fraction of sp³-hybridized carbons (Fsp3) is 0.357. The van der Waals surface area contributed by atoms with Gasteiger partial charge in [-0.05, 0) is 86.6 Å². The van der Waals surface area contributed by atoms with Crippen molar-refractivity contribution in [2.45, 2.75) is 51.3 Å². The van der Waals surface area contributed by atoms with Crippen LogP contribution in [-0.2, 0) is 26.7 Å². The monoisotopic (exact) mass is 591 g/mol. The zero-order valence-electron chi connectivity index (χ0n) is 22.2. The van der Waals surface area contributed by atoms with E-state index in [-0.39, 0.29) is 12.2 Å². The van der Waals surface area contributed by atoms with E-state index in [1.807, 2.05) is 37.3 Å². The molecule has 2 N–H and O–H groups in total. The van der Waals surface area contributed by atoms with Gasteiger partial charge in [-0.25, -0.2) is 0 Å². The number of furan rings is 1. The van der Waals surface area contributed by atoms with Crippen LogP contribution in [0.5, 0.6) is 0 Å². The molecule has 0 aliphatic carbocycles. The molecule has 2 heterocycles. The topological polar surface area (TPSA) is 125 Å². The zero-order valence-corrected chi connectivity index (χ0v) is 24.6. The average Bonchev–Trinajstić information content (AvgIpc) is 3.36. The highest BCUT2D eigenvalue weighted by Crippen LogP contribution is 2.47. The zero-order chi connectivity index (χ0) is 28.4. The van der Waals surface area contributed by atoms with E-state index < -0.39 is 26.0 Å². The Kier molecular flexibility index (Phi) is 8.97. The molecule has 210 valence electrons. The molecule has 4 rings (SSSR count). The Balaban J connectivity index is 1.70. The molecule has 0 bridgehead atoms. The number of benzene rings is 2. The molecule has 1 aliphatic heterocycles. The van der Waals surface area contributed by atoms with Gasteiger partial charge in [0, 0.05) is 22.4 Å². The molecular formula is C28H33NO7S3. The highest BCUT2D eigenvalue weighted by Gasteiger charge is 2.26. The van der Waals surface area contributed by atoms with Crippen molar-refractivity contribution in [1.82, 2.24) is 0 Å². The highest BCUT2D eigenvalue weighted by atomic mass is 32.2. The van der Waals surface area contributed by atoms with Gasteiger partial charge in [0.1, 0.15) is 11.3 Å². The van der Waals surface area contributed by atoms with Crippen molar-refractivity contribution in [3.63, 3.8) is 0 Å². The number of rotatable bonds is 11. The fourth-order valence-electron chi connectivity index (χ4n) is 4.54. The summed E-state index contributed by atoms with van der Waals surface area (Å²) >= 11 is 1.64. The third-order valence-electron chi connectivity index (χ3n) is 6.75. The Hall–Kier alpha value is -2.57. The predicted molar refractivity (Wildman–Crippen MR) is 157 cm³/mol. The van der Waals surface area contributed by atoms with Crippen molar-refractivity contribution >= 4 is 54.7 Å². The van der Waals surface area contributed by atoms with Gasteiger partial charge in [-0.15, -0.1) is 0 Å². The molecule has 0 saturated heterocycles.